The Balaban J connectivity index is 1.20. The van der Waals surface area contributed by atoms with E-state index in [1.165, 1.54) is 25.8 Å². The molecule has 8 rings (SSSR count). The largest absolute Gasteiger partial charge is 0.352 e. The number of amides is 2. The van der Waals surface area contributed by atoms with E-state index in [0.29, 0.717) is 29.0 Å². The number of rotatable bonds is 8. The molecule has 13 heteroatoms. The Morgan fingerprint density at radius 3 is 2.50 bits per heavy atom. The quantitative estimate of drug-likeness (QED) is 0.186. The van der Waals surface area contributed by atoms with E-state index in [-0.39, 0.29) is 57.4 Å². The monoisotopic (exact) mass is 714 g/mol. The molecule has 0 spiro atoms. The zero-order valence-electron chi connectivity index (χ0n) is 30.7. The molecule has 3 fully saturated rings. The minimum absolute atomic E-state index is 0.00585. The van der Waals surface area contributed by atoms with Crippen LogP contribution in [0.2, 0.25) is 0 Å². The van der Waals surface area contributed by atoms with Gasteiger partial charge in [0.2, 0.25) is 11.9 Å². The fourth-order valence-corrected chi connectivity index (χ4v) is 8.75. The van der Waals surface area contributed by atoms with Gasteiger partial charge < -0.3 is 20.1 Å². The van der Waals surface area contributed by atoms with Crippen LogP contribution in [0.5, 0.6) is 0 Å². The Bertz CT molecular complexity index is 2160. The second-order valence-corrected chi connectivity index (χ2v) is 16.2. The van der Waals surface area contributed by atoms with Gasteiger partial charge in [-0.1, -0.05) is 0 Å². The summed E-state index contributed by atoms with van der Waals surface area (Å²) < 4.78 is 48.8. The van der Waals surface area contributed by atoms with Crippen molar-refractivity contribution in [2.45, 2.75) is 97.2 Å². The number of nitrogens with one attached hydrogen (secondary N) is 2. The summed E-state index contributed by atoms with van der Waals surface area (Å²) in [5.74, 6) is -2.04. The van der Waals surface area contributed by atoms with Gasteiger partial charge in [-0.25, -0.2) is 23.7 Å². The third-order valence-electron chi connectivity index (χ3n) is 12.0. The molecule has 2 saturated carbocycles. The van der Waals surface area contributed by atoms with E-state index < -0.39 is 28.9 Å². The first-order valence-corrected chi connectivity index (χ1v) is 18.3. The van der Waals surface area contributed by atoms with Crippen LogP contribution in [0.4, 0.5) is 30.4 Å². The van der Waals surface area contributed by atoms with Crippen molar-refractivity contribution in [3.63, 3.8) is 0 Å². The average Bonchev–Trinajstić information content (AvgIpc) is 3.69. The highest BCUT2D eigenvalue weighted by Crippen LogP contribution is 2.53. The number of aromatic nitrogens is 4. The fraction of sp³-hybridized carbons (Fsp3) is 0.513. The number of carbonyl (C=O) groups is 2. The van der Waals surface area contributed by atoms with E-state index in [0.717, 1.165) is 37.8 Å². The lowest BCUT2D eigenvalue weighted by Crippen LogP contribution is -2.64. The normalized spacial score (nSPS) is 24.9. The van der Waals surface area contributed by atoms with E-state index >= 15 is 13.2 Å². The number of nitrogens with zero attached hydrogens (tertiary/aromatic N) is 6. The first-order valence-electron chi connectivity index (χ1n) is 18.3. The predicted octanol–water partition coefficient (Wildman–Crippen LogP) is 7.18. The number of fused-ring (bicyclic) bond motifs is 3. The molecule has 4 aliphatic rings. The average molecular weight is 715 g/mol. The van der Waals surface area contributed by atoms with E-state index in [9.17, 15) is 9.59 Å². The van der Waals surface area contributed by atoms with E-state index in [1.807, 2.05) is 23.3 Å². The van der Waals surface area contributed by atoms with Crippen LogP contribution in [0.25, 0.3) is 22.3 Å². The Morgan fingerprint density at radius 1 is 1.06 bits per heavy atom. The van der Waals surface area contributed by atoms with Gasteiger partial charge in [0.15, 0.2) is 17.5 Å². The molecule has 0 radical (unpaired) electrons. The molecule has 3 aromatic heterocycles. The molecule has 52 heavy (non-hydrogen) atoms. The molecule has 4 aromatic rings. The van der Waals surface area contributed by atoms with Crippen molar-refractivity contribution in [1.29, 1.82) is 0 Å². The van der Waals surface area contributed by atoms with Gasteiger partial charge >= 0.3 is 0 Å². The minimum Gasteiger partial charge on any atom is -0.352 e. The molecule has 1 unspecified atom stereocenters. The molecule has 2 atom stereocenters. The Morgan fingerprint density at radius 2 is 1.81 bits per heavy atom. The molecule has 10 nitrogen and oxygen atoms in total. The van der Waals surface area contributed by atoms with E-state index in [4.69, 9.17) is 4.98 Å². The van der Waals surface area contributed by atoms with Crippen LogP contribution in [0.3, 0.4) is 0 Å². The summed E-state index contributed by atoms with van der Waals surface area (Å²) in [4.78, 5) is 45.0. The van der Waals surface area contributed by atoms with Crippen molar-refractivity contribution < 1.29 is 22.8 Å². The van der Waals surface area contributed by atoms with Gasteiger partial charge in [-0.3, -0.25) is 14.5 Å². The fourth-order valence-electron chi connectivity index (χ4n) is 8.75. The number of likely N-dealkylation sites (tertiary alicyclic amines) is 1. The highest BCUT2D eigenvalue weighted by atomic mass is 19.2. The van der Waals surface area contributed by atoms with E-state index in [1.54, 1.807) is 39.2 Å². The smallest absolute Gasteiger partial charge is 0.251 e. The zero-order valence-corrected chi connectivity index (χ0v) is 30.7. The van der Waals surface area contributed by atoms with Crippen LogP contribution in [0.15, 0.2) is 24.5 Å². The number of anilines is 3. The molecule has 1 saturated heterocycles. The third-order valence-corrected chi connectivity index (χ3v) is 12.0. The molecule has 0 bridgehead atoms. The predicted molar refractivity (Wildman–Crippen MR) is 193 cm³/mol. The lowest BCUT2D eigenvalue weighted by Gasteiger charge is -2.55. The first-order chi connectivity index (χ1) is 24.6. The molecule has 2 aliphatic heterocycles. The maximum absolute atomic E-state index is 16.2. The van der Waals surface area contributed by atoms with Gasteiger partial charge in [0.1, 0.15) is 5.52 Å². The zero-order chi connectivity index (χ0) is 37.0. The number of halogens is 3. The molecule has 2 aliphatic carbocycles. The van der Waals surface area contributed by atoms with Gasteiger partial charge in [0, 0.05) is 41.8 Å². The van der Waals surface area contributed by atoms with Crippen LogP contribution in [-0.4, -0.2) is 67.4 Å². The van der Waals surface area contributed by atoms with Gasteiger partial charge in [-0.2, -0.15) is 4.39 Å². The van der Waals surface area contributed by atoms with Crippen molar-refractivity contribution in [2.75, 3.05) is 29.9 Å². The molecule has 2 N–H and O–H groups in total. The second-order valence-electron chi connectivity index (χ2n) is 16.2. The van der Waals surface area contributed by atoms with Crippen molar-refractivity contribution in [3.05, 3.63) is 58.9 Å². The summed E-state index contributed by atoms with van der Waals surface area (Å²) in [6.45, 7) is 15.3. The minimum atomic E-state index is -1.18. The number of piperidine rings is 1. The van der Waals surface area contributed by atoms with Gasteiger partial charge in [0.25, 0.3) is 5.91 Å². The highest BCUT2D eigenvalue weighted by Gasteiger charge is 2.56. The van der Waals surface area contributed by atoms with Gasteiger partial charge in [-0.15, -0.1) is 0 Å². The van der Waals surface area contributed by atoms with Crippen molar-refractivity contribution in [1.82, 2.24) is 29.7 Å². The van der Waals surface area contributed by atoms with E-state index in [2.05, 4.69) is 32.4 Å². The van der Waals surface area contributed by atoms with Crippen molar-refractivity contribution >= 4 is 40.0 Å². The number of imidazole rings is 1. The van der Waals surface area contributed by atoms with Gasteiger partial charge in [-0.05, 0) is 111 Å². The SMILES string of the molecule is CCNC(=O)c1cc(Nc2nc(-c3cc4c(nc3F)C(C)(C)C(=O)N4C3CC(C)(N4CCC5C[C@@H]5C4)C3)cc3ncn(C(C)C)c23)c(F)c(F)c1C. The molecule has 1 aromatic carbocycles. The number of hydrogen-bond donors (Lipinski definition) is 2. The van der Waals surface area contributed by atoms with Crippen molar-refractivity contribution in [3.8, 4) is 11.3 Å². The molecule has 274 valence electrons. The van der Waals surface area contributed by atoms with Crippen molar-refractivity contribution in [2.24, 2.45) is 11.8 Å². The summed E-state index contributed by atoms with van der Waals surface area (Å²) >= 11 is 0. The van der Waals surface area contributed by atoms with Crippen LogP contribution in [0, 0.1) is 36.3 Å². The number of hydrogen-bond acceptors (Lipinski definition) is 7. The summed E-state index contributed by atoms with van der Waals surface area (Å²) in [5, 5.41) is 5.55. The van der Waals surface area contributed by atoms with Crippen LogP contribution < -0.4 is 15.5 Å². The summed E-state index contributed by atoms with van der Waals surface area (Å²) in [5.41, 5.74) is 0.567. The van der Waals surface area contributed by atoms with Crippen LogP contribution in [-0.2, 0) is 10.2 Å². The number of carbonyl (C=O) groups excluding carboxylic acids is 2. The molecule has 5 heterocycles. The lowest BCUT2D eigenvalue weighted by atomic mass is 9.71. The lowest BCUT2D eigenvalue weighted by molar-refractivity contribution is -0.124. The Kier molecular flexibility index (Phi) is 7.98. The Labute approximate surface area is 301 Å². The first kappa shape index (κ1) is 34.6. The molecule has 2 amide bonds. The maximum atomic E-state index is 16.2. The summed E-state index contributed by atoms with van der Waals surface area (Å²) in [7, 11) is 0. The van der Waals surface area contributed by atoms with Crippen LogP contribution in [0.1, 0.15) is 94.9 Å². The number of pyridine rings is 2. The molecular formula is C39H45F3N8O2. The Hall–Kier alpha value is -4.52. The highest BCUT2D eigenvalue weighted by molar-refractivity contribution is 6.08. The molecular weight excluding hydrogens is 669 g/mol. The summed E-state index contributed by atoms with van der Waals surface area (Å²) in [6, 6.07) is 4.38. The topological polar surface area (TPSA) is 108 Å². The maximum Gasteiger partial charge on any atom is 0.251 e. The third kappa shape index (κ3) is 5.29. The second kappa shape index (κ2) is 12.0. The standard InChI is InChI=1S/C39H45F3N8O2/c1-8-43-36(51)24-12-27(31(41)30(40)20(24)4)46-35-32-28(44-18-49(32)19(2)3)14-26(45-35)25-13-29-33(47-34(25)42)38(5,6)37(52)50(29)23-15-39(7,16-23)48-10-9-21-11-22(21)17-48/h12-14,18-19,21-23H,8-11,15-17H2,1-7H3,(H,43,51)(H,45,46)/t21?,22-,23?,39?/m1/s1. The van der Waals surface area contributed by atoms with Gasteiger partial charge in [0.05, 0.1) is 45.6 Å². The summed E-state index contributed by atoms with van der Waals surface area (Å²) in [6.07, 6.45) is 5.81. The number of benzene rings is 1. The van der Waals surface area contributed by atoms with Crippen LogP contribution >= 0.6 is 0 Å².